The number of hydrogen-bond acceptors (Lipinski definition) is 5. The van der Waals surface area contributed by atoms with Crippen LogP contribution in [-0.2, 0) is 6.42 Å². The first-order chi connectivity index (χ1) is 10.4. The van der Waals surface area contributed by atoms with Crippen LogP contribution in [-0.4, -0.2) is 23.1 Å². The zero-order chi connectivity index (χ0) is 14.5. The third-order valence-corrected chi connectivity index (χ3v) is 4.12. The first-order valence-corrected chi connectivity index (χ1v) is 8.01. The van der Waals surface area contributed by atoms with Crippen LogP contribution in [0.3, 0.4) is 0 Å². The highest BCUT2D eigenvalue weighted by molar-refractivity contribution is 7.09. The molecular weight excluding hydrogens is 280 g/mol. The van der Waals surface area contributed by atoms with Crippen LogP contribution >= 0.6 is 11.3 Å². The summed E-state index contributed by atoms with van der Waals surface area (Å²) >= 11 is 1.78. The highest BCUT2D eigenvalue weighted by atomic mass is 32.1. The molecule has 3 aromatic rings. The van der Waals surface area contributed by atoms with Crippen LogP contribution in [0.25, 0.3) is 10.9 Å². The summed E-state index contributed by atoms with van der Waals surface area (Å²) in [6, 6.07) is 12.3. The van der Waals surface area contributed by atoms with Crippen molar-refractivity contribution in [1.82, 2.24) is 9.97 Å². The number of rotatable bonds is 6. The maximum atomic E-state index is 4.58. The Labute approximate surface area is 128 Å². The summed E-state index contributed by atoms with van der Waals surface area (Å²) < 4.78 is 0. The number of anilines is 2. The van der Waals surface area contributed by atoms with Gasteiger partial charge in [-0.3, -0.25) is 0 Å². The predicted octanol–water partition coefficient (Wildman–Crippen LogP) is 3.78. The molecule has 0 radical (unpaired) electrons. The molecule has 0 saturated heterocycles. The van der Waals surface area contributed by atoms with Crippen molar-refractivity contribution < 1.29 is 0 Å². The zero-order valence-electron chi connectivity index (χ0n) is 12.0. The second-order valence-electron chi connectivity index (χ2n) is 4.70. The molecule has 0 saturated carbocycles. The van der Waals surface area contributed by atoms with Crippen molar-refractivity contribution in [2.24, 2.45) is 0 Å². The van der Waals surface area contributed by atoms with Gasteiger partial charge >= 0.3 is 0 Å². The van der Waals surface area contributed by atoms with Gasteiger partial charge in [0.25, 0.3) is 0 Å². The fraction of sp³-hybridized carbons (Fsp3) is 0.250. The number of aromatic nitrogens is 2. The summed E-state index contributed by atoms with van der Waals surface area (Å²) in [4.78, 5) is 10.5. The number of nitrogens with zero attached hydrogens (tertiary/aromatic N) is 2. The molecule has 0 unspecified atom stereocenters. The molecule has 0 bridgehead atoms. The molecule has 2 heterocycles. The third kappa shape index (κ3) is 3.31. The molecule has 3 rings (SSSR count). The van der Waals surface area contributed by atoms with Gasteiger partial charge < -0.3 is 10.6 Å². The van der Waals surface area contributed by atoms with Crippen LogP contribution in [0, 0.1) is 0 Å². The average Bonchev–Trinajstić information content (AvgIpc) is 3.01. The third-order valence-electron chi connectivity index (χ3n) is 3.18. The standard InChI is InChI=1S/C16H18N4S/c1-2-17-15-13-7-3-4-8-14(13)19-16(20-15)18-10-9-12-6-5-11-21-12/h3-8,11H,2,9-10H2,1H3,(H2,17,18,19,20). The Morgan fingerprint density at radius 1 is 1.05 bits per heavy atom. The summed E-state index contributed by atoms with van der Waals surface area (Å²) in [5.41, 5.74) is 0.960. The molecule has 0 spiro atoms. The van der Waals surface area contributed by atoms with Crippen molar-refractivity contribution in [1.29, 1.82) is 0 Å². The van der Waals surface area contributed by atoms with Gasteiger partial charge in [0, 0.05) is 23.4 Å². The zero-order valence-corrected chi connectivity index (χ0v) is 12.8. The molecule has 0 aliphatic rings. The van der Waals surface area contributed by atoms with E-state index in [1.165, 1.54) is 4.88 Å². The minimum atomic E-state index is 0.682. The van der Waals surface area contributed by atoms with Gasteiger partial charge in [0.1, 0.15) is 5.82 Å². The van der Waals surface area contributed by atoms with Gasteiger partial charge in [-0.25, -0.2) is 4.98 Å². The van der Waals surface area contributed by atoms with E-state index in [-0.39, 0.29) is 0 Å². The Morgan fingerprint density at radius 2 is 1.95 bits per heavy atom. The van der Waals surface area contributed by atoms with E-state index in [0.29, 0.717) is 5.95 Å². The van der Waals surface area contributed by atoms with Crippen LogP contribution in [0.1, 0.15) is 11.8 Å². The molecule has 2 aromatic heterocycles. The molecular formula is C16H18N4S. The second kappa shape index (κ2) is 6.54. The molecule has 4 nitrogen and oxygen atoms in total. The van der Waals surface area contributed by atoms with Crippen LogP contribution in [0.4, 0.5) is 11.8 Å². The summed E-state index contributed by atoms with van der Waals surface area (Å²) in [6.07, 6.45) is 0.990. The maximum absolute atomic E-state index is 4.58. The molecule has 0 amide bonds. The van der Waals surface area contributed by atoms with E-state index in [9.17, 15) is 0 Å². The Balaban J connectivity index is 1.78. The largest absolute Gasteiger partial charge is 0.370 e. The molecule has 1 aromatic carbocycles. The van der Waals surface area contributed by atoms with E-state index in [1.807, 2.05) is 24.3 Å². The van der Waals surface area contributed by atoms with Crippen molar-refractivity contribution in [2.45, 2.75) is 13.3 Å². The topological polar surface area (TPSA) is 49.8 Å². The number of nitrogens with one attached hydrogen (secondary N) is 2. The molecule has 0 fully saturated rings. The van der Waals surface area contributed by atoms with Crippen LogP contribution in [0.15, 0.2) is 41.8 Å². The lowest BCUT2D eigenvalue weighted by atomic mass is 10.2. The van der Waals surface area contributed by atoms with E-state index in [4.69, 9.17) is 0 Å². The molecule has 2 N–H and O–H groups in total. The first kappa shape index (κ1) is 13.8. The smallest absolute Gasteiger partial charge is 0.225 e. The fourth-order valence-electron chi connectivity index (χ4n) is 2.21. The van der Waals surface area contributed by atoms with Crippen molar-refractivity contribution in [3.05, 3.63) is 46.7 Å². The SMILES string of the molecule is CCNc1nc(NCCc2cccs2)nc2ccccc12. The molecule has 0 atom stereocenters. The lowest BCUT2D eigenvalue weighted by molar-refractivity contribution is 1.01. The van der Waals surface area contributed by atoms with Crippen LogP contribution < -0.4 is 10.6 Å². The second-order valence-corrected chi connectivity index (χ2v) is 5.73. The average molecular weight is 298 g/mol. The van der Waals surface area contributed by atoms with Gasteiger partial charge in [-0.05, 0) is 36.9 Å². The van der Waals surface area contributed by atoms with Gasteiger partial charge in [-0.1, -0.05) is 18.2 Å². The summed E-state index contributed by atoms with van der Waals surface area (Å²) in [6.45, 7) is 3.75. The number of thiophene rings is 1. The van der Waals surface area contributed by atoms with Crippen molar-refractivity contribution in [3.8, 4) is 0 Å². The maximum Gasteiger partial charge on any atom is 0.225 e. The normalized spacial score (nSPS) is 10.7. The highest BCUT2D eigenvalue weighted by Crippen LogP contribution is 2.21. The number of para-hydroxylation sites is 1. The van der Waals surface area contributed by atoms with Gasteiger partial charge in [0.15, 0.2) is 0 Å². The predicted molar refractivity (Wildman–Crippen MR) is 90.2 cm³/mol. The summed E-state index contributed by atoms with van der Waals surface area (Å²) in [5, 5.41) is 9.78. The Morgan fingerprint density at radius 3 is 2.76 bits per heavy atom. The molecule has 0 aliphatic carbocycles. The minimum Gasteiger partial charge on any atom is -0.370 e. The monoisotopic (exact) mass is 298 g/mol. The summed E-state index contributed by atoms with van der Waals surface area (Å²) in [7, 11) is 0. The number of fused-ring (bicyclic) bond motifs is 1. The van der Waals surface area contributed by atoms with E-state index in [1.54, 1.807) is 11.3 Å². The molecule has 0 aliphatic heterocycles. The molecule has 108 valence electrons. The van der Waals surface area contributed by atoms with Gasteiger partial charge in [-0.2, -0.15) is 4.98 Å². The number of hydrogen-bond donors (Lipinski definition) is 2. The number of benzene rings is 1. The first-order valence-electron chi connectivity index (χ1n) is 7.13. The van der Waals surface area contributed by atoms with E-state index < -0.39 is 0 Å². The van der Waals surface area contributed by atoms with E-state index in [2.05, 4.69) is 45.0 Å². The fourth-order valence-corrected chi connectivity index (χ4v) is 2.92. The Hall–Kier alpha value is -2.14. The van der Waals surface area contributed by atoms with Crippen molar-refractivity contribution in [3.63, 3.8) is 0 Å². The van der Waals surface area contributed by atoms with Crippen molar-refractivity contribution in [2.75, 3.05) is 23.7 Å². The lowest BCUT2D eigenvalue weighted by Crippen LogP contribution is -2.09. The summed E-state index contributed by atoms with van der Waals surface area (Å²) in [5.74, 6) is 1.57. The Kier molecular flexibility index (Phi) is 4.31. The quantitative estimate of drug-likeness (QED) is 0.727. The molecule has 5 heteroatoms. The lowest BCUT2D eigenvalue weighted by Gasteiger charge is -2.10. The minimum absolute atomic E-state index is 0.682. The van der Waals surface area contributed by atoms with E-state index >= 15 is 0 Å². The van der Waals surface area contributed by atoms with Crippen LogP contribution in [0.5, 0.6) is 0 Å². The van der Waals surface area contributed by atoms with E-state index in [0.717, 1.165) is 36.2 Å². The van der Waals surface area contributed by atoms with Crippen molar-refractivity contribution >= 4 is 34.0 Å². The van der Waals surface area contributed by atoms with Crippen LogP contribution in [0.2, 0.25) is 0 Å². The van der Waals surface area contributed by atoms with Gasteiger partial charge in [0.05, 0.1) is 5.52 Å². The Bertz CT molecular complexity index is 709. The molecule has 21 heavy (non-hydrogen) atoms. The highest BCUT2D eigenvalue weighted by Gasteiger charge is 2.06. The van der Waals surface area contributed by atoms with Gasteiger partial charge in [-0.15, -0.1) is 11.3 Å². The van der Waals surface area contributed by atoms with Gasteiger partial charge in [0.2, 0.25) is 5.95 Å².